The number of ether oxygens (including phenoxy) is 1. The van der Waals surface area contributed by atoms with Gasteiger partial charge in [-0.05, 0) is 13.3 Å². The molecule has 0 amide bonds. The van der Waals surface area contributed by atoms with E-state index < -0.39 is 5.97 Å². The summed E-state index contributed by atoms with van der Waals surface area (Å²) in [6.07, 6.45) is 0.111. The van der Waals surface area contributed by atoms with Gasteiger partial charge in [0, 0.05) is 12.6 Å². The lowest BCUT2D eigenvalue weighted by atomic mass is 10.5. The van der Waals surface area contributed by atoms with E-state index in [1.165, 1.54) is 6.92 Å². The average Bonchev–Trinajstić information content (AvgIpc) is 2.04. The first kappa shape index (κ1) is 15.8. The Bertz CT molecular complexity index is 141. The van der Waals surface area contributed by atoms with Gasteiger partial charge in [0.2, 0.25) is 0 Å². The van der Waals surface area contributed by atoms with E-state index in [9.17, 15) is 9.90 Å². The smallest absolute Gasteiger partial charge is 0.102 e. The summed E-state index contributed by atoms with van der Waals surface area (Å²) in [5, 5.41) is 9.26. The van der Waals surface area contributed by atoms with Crippen LogP contribution >= 0.6 is 0 Å². The van der Waals surface area contributed by atoms with Crippen LogP contribution in [0.3, 0.4) is 0 Å². The number of carboxylic acid groups (broad SMARTS) is 1. The number of aliphatic carboxylic acids is 1. The van der Waals surface area contributed by atoms with E-state index in [1.54, 1.807) is 0 Å². The predicted octanol–water partition coefficient (Wildman–Crippen LogP) is -0.125. The number of carboxylic acids is 1. The molecule has 0 aromatic heterocycles. The van der Waals surface area contributed by atoms with Crippen molar-refractivity contribution in [1.82, 2.24) is 0 Å². The zero-order chi connectivity index (χ0) is 11.6. The third-order valence-electron chi connectivity index (χ3n) is 1.40. The average molecular weight is 205 g/mol. The number of rotatable bonds is 5. The highest BCUT2D eigenvalue weighted by Gasteiger charge is 2.04. The number of nitrogens with zero attached hydrogens (tertiary/aromatic N) is 1. The molecule has 0 aromatic rings. The Morgan fingerprint density at radius 3 is 1.93 bits per heavy atom. The molecule has 0 radical (unpaired) electrons. The van der Waals surface area contributed by atoms with Crippen LogP contribution in [-0.4, -0.2) is 51.4 Å². The Labute approximate surface area is 87.1 Å². The highest BCUT2D eigenvalue weighted by atomic mass is 16.5. The first-order valence-corrected chi connectivity index (χ1v) is 4.91. The number of carbonyl (C=O) groups excluding carboxylic acids is 1. The highest BCUT2D eigenvalue weighted by molar-refractivity contribution is 5.63. The number of carbonyl (C=O) groups is 1. The summed E-state index contributed by atoms with van der Waals surface area (Å²) < 4.78 is 6.18. The minimum atomic E-state index is -0.995. The molecule has 0 saturated heterocycles. The predicted molar refractivity (Wildman–Crippen MR) is 54.7 cm³/mol. The van der Waals surface area contributed by atoms with Crippen molar-refractivity contribution in [1.29, 1.82) is 0 Å². The van der Waals surface area contributed by atoms with Crippen LogP contribution in [0.4, 0.5) is 0 Å². The molecule has 0 aliphatic rings. The molecule has 14 heavy (non-hydrogen) atoms. The summed E-state index contributed by atoms with van der Waals surface area (Å²) in [4.78, 5) is 9.26. The number of likely N-dealkylation sites (N-methyl/N-ethyl adjacent to an activating group) is 1. The second kappa shape index (κ2) is 8.97. The van der Waals surface area contributed by atoms with Crippen molar-refractivity contribution in [3.05, 3.63) is 0 Å². The summed E-state index contributed by atoms with van der Waals surface area (Å²) in [5.74, 6) is -0.995. The lowest BCUT2D eigenvalue weighted by molar-refractivity contribution is -0.870. The SMILES string of the molecule is CCC(=O)[O-].CCOCC[N+](C)(C)C. The minimum Gasteiger partial charge on any atom is -0.550 e. The van der Waals surface area contributed by atoms with E-state index in [0.29, 0.717) is 0 Å². The Morgan fingerprint density at radius 1 is 1.29 bits per heavy atom. The van der Waals surface area contributed by atoms with Crippen LogP contribution in [0.1, 0.15) is 20.3 Å². The number of hydrogen-bond donors (Lipinski definition) is 0. The summed E-state index contributed by atoms with van der Waals surface area (Å²) in [6, 6.07) is 0. The largest absolute Gasteiger partial charge is 0.550 e. The van der Waals surface area contributed by atoms with Crippen molar-refractivity contribution in [2.75, 3.05) is 40.9 Å². The summed E-state index contributed by atoms with van der Waals surface area (Å²) in [5.41, 5.74) is 0. The standard InChI is InChI=1S/C7H18NO.C3H6O2/c1-5-9-7-6-8(2,3)4;1-2-3(4)5/h5-7H2,1-4H3;2H2,1H3,(H,4,5)/q+1;/p-1. The van der Waals surface area contributed by atoms with Gasteiger partial charge in [-0.2, -0.15) is 0 Å². The van der Waals surface area contributed by atoms with Gasteiger partial charge in [0.25, 0.3) is 0 Å². The molecule has 0 bridgehead atoms. The minimum absolute atomic E-state index is 0.111. The molecule has 0 atom stereocenters. The lowest BCUT2D eigenvalue weighted by Crippen LogP contribution is -2.37. The van der Waals surface area contributed by atoms with Gasteiger partial charge in [-0.25, -0.2) is 0 Å². The summed E-state index contributed by atoms with van der Waals surface area (Å²) >= 11 is 0. The Kier molecular flexibility index (Phi) is 10.1. The van der Waals surface area contributed by atoms with Crippen LogP contribution in [0.25, 0.3) is 0 Å². The highest BCUT2D eigenvalue weighted by Crippen LogP contribution is 1.88. The van der Waals surface area contributed by atoms with Gasteiger partial charge in [0.1, 0.15) is 6.54 Å². The van der Waals surface area contributed by atoms with Gasteiger partial charge < -0.3 is 19.1 Å². The lowest BCUT2D eigenvalue weighted by Gasteiger charge is -2.23. The van der Waals surface area contributed by atoms with E-state index >= 15 is 0 Å². The van der Waals surface area contributed by atoms with Crippen molar-refractivity contribution in [2.24, 2.45) is 0 Å². The molecule has 0 unspecified atom stereocenters. The maximum atomic E-state index is 9.26. The molecule has 0 saturated carbocycles. The maximum absolute atomic E-state index is 9.26. The van der Waals surface area contributed by atoms with E-state index in [2.05, 4.69) is 21.1 Å². The van der Waals surface area contributed by atoms with Crippen molar-refractivity contribution >= 4 is 5.97 Å². The summed E-state index contributed by atoms with van der Waals surface area (Å²) in [6.45, 7) is 6.36. The first-order chi connectivity index (χ1) is 6.33. The molecule has 0 aromatic carbocycles. The zero-order valence-electron chi connectivity index (χ0n) is 10.0. The Hall–Kier alpha value is -0.610. The van der Waals surface area contributed by atoms with Crippen LogP contribution in [0.5, 0.6) is 0 Å². The molecule has 4 heteroatoms. The topological polar surface area (TPSA) is 49.4 Å². The van der Waals surface area contributed by atoms with Gasteiger partial charge in [0.05, 0.1) is 27.7 Å². The molecule has 0 rings (SSSR count). The molecule has 86 valence electrons. The molecule has 4 nitrogen and oxygen atoms in total. The zero-order valence-corrected chi connectivity index (χ0v) is 10.0. The van der Waals surface area contributed by atoms with Crippen molar-refractivity contribution in [3.63, 3.8) is 0 Å². The maximum Gasteiger partial charge on any atom is 0.102 e. The molecule has 0 spiro atoms. The molecular weight excluding hydrogens is 182 g/mol. The van der Waals surface area contributed by atoms with Crippen LogP contribution in [0, 0.1) is 0 Å². The fourth-order valence-corrected chi connectivity index (χ4v) is 0.483. The fraction of sp³-hybridized carbons (Fsp3) is 0.900. The van der Waals surface area contributed by atoms with Crippen LogP contribution in [0.15, 0.2) is 0 Å². The van der Waals surface area contributed by atoms with E-state index in [0.717, 1.165) is 24.2 Å². The number of quaternary nitrogens is 1. The van der Waals surface area contributed by atoms with Gasteiger partial charge in [-0.3, -0.25) is 0 Å². The third-order valence-corrected chi connectivity index (χ3v) is 1.40. The quantitative estimate of drug-likeness (QED) is 0.464. The second-order valence-corrected chi connectivity index (χ2v) is 3.94. The Balaban J connectivity index is 0. The molecular formula is C10H23NO3. The fourth-order valence-electron chi connectivity index (χ4n) is 0.483. The normalized spacial score (nSPS) is 10.4. The molecule has 0 aliphatic heterocycles. The van der Waals surface area contributed by atoms with E-state index in [1.807, 2.05) is 6.92 Å². The molecule has 0 fully saturated rings. The Morgan fingerprint density at radius 2 is 1.71 bits per heavy atom. The first-order valence-electron chi connectivity index (χ1n) is 4.91. The molecule has 0 aliphatic carbocycles. The van der Waals surface area contributed by atoms with Crippen molar-refractivity contribution < 1.29 is 19.1 Å². The molecule has 0 N–H and O–H groups in total. The van der Waals surface area contributed by atoms with Crippen LogP contribution in [-0.2, 0) is 9.53 Å². The van der Waals surface area contributed by atoms with Gasteiger partial charge in [-0.15, -0.1) is 0 Å². The van der Waals surface area contributed by atoms with E-state index in [-0.39, 0.29) is 6.42 Å². The number of hydrogen-bond acceptors (Lipinski definition) is 3. The van der Waals surface area contributed by atoms with Crippen molar-refractivity contribution in [2.45, 2.75) is 20.3 Å². The third kappa shape index (κ3) is 22.5. The van der Waals surface area contributed by atoms with Gasteiger partial charge in [-0.1, -0.05) is 6.92 Å². The molecule has 0 heterocycles. The van der Waals surface area contributed by atoms with Gasteiger partial charge in [0.15, 0.2) is 0 Å². The summed E-state index contributed by atoms with van der Waals surface area (Å²) in [7, 11) is 6.50. The van der Waals surface area contributed by atoms with Crippen molar-refractivity contribution in [3.8, 4) is 0 Å². The monoisotopic (exact) mass is 205 g/mol. The van der Waals surface area contributed by atoms with Crippen LogP contribution < -0.4 is 5.11 Å². The van der Waals surface area contributed by atoms with E-state index in [4.69, 9.17) is 4.74 Å². The second-order valence-electron chi connectivity index (χ2n) is 3.94. The van der Waals surface area contributed by atoms with Gasteiger partial charge >= 0.3 is 0 Å². The van der Waals surface area contributed by atoms with Crippen LogP contribution in [0.2, 0.25) is 0 Å².